The molecule has 1 N–H and O–H groups in total. The minimum atomic E-state index is -0.744. The average Bonchev–Trinajstić information content (AvgIpc) is 1.82. The Kier molecular flexibility index (Phi) is 3.07. The monoisotopic (exact) mass is 175 g/mol. The van der Waals surface area contributed by atoms with Gasteiger partial charge in [-0.2, -0.15) is 0 Å². The summed E-state index contributed by atoms with van der Waals surface area (Å²) in [5.74, 6) is 0. The number of halogens is 1. The van der Waals surface area contributed by atoms with Gasteiger partial charge in [0.15, 0.2) is 0 Å². The molecule has 0 aliphatic carbocycles. The summed E-state index contributed by atoms with van der Waals surface area (Å²) in [4.78, 5) is 0. The fourth-order valence-electron chi connectivity index (χ4n) is 1.44. The van der Waals surface area contributed by atoms with Crippen molar-refractivity contribution in [2.45, 2.75) is 45.1 Å². The Labute approximate surface area is 73.5 Å². The topological polar surface area (TPSA) is 21.3 Å². The lowest BCUT2D eigenvalue weighted by Crippen LogP contribution is -2.44. The maximum absolute atomic E-state index is 12.9. The molecule has 1 fully saturated rings. The number of piperidine rings is 1. The van der Waals surface area contributed by atoms with Crippen LogP contribution in [0.1, 0.15) is 27.2 Å². The lowest BCUT2D eigenvalue weighted by molar-refractivity contribution is -0.0770. The number of ether oxygens (including phenoxy) is 1. The van der Waals surface area contributed by atoms with Gasteiger partial charge >= 0.3 is 0 Å². The second-order valence-corrected chi connectivity index (χ2v) is 4.34. The largest absolute Gasteiger partial charge is 0.371 e. The van der Waals surface area contributed by atoms with Crippen LogP contribution in [0.5, 0.6) is 0 Å². The first kappa shape index (κ1) is 9.93. The highest BCUT2D eigenvalue weighted by Gasteiger charge is 2.25. The van der Waals surface area contributed by atoms with Gasteiger partial charge in [-0.15, -0.1) is 0 Å². The molecular weight excluding hydrogens is 157 g/mol. The van der Waals surface area contributed by atoms with Crippen molar-refractivity contribution in [3.8, 4) is 0 Å². The summed E-state index contributed by atoms with van der Waals surface area (Å²) in [6.07, 6.45) is -0.176. The SMILES string of the molecule is CC(C)(C)O[C@H]1CNC[C@H](F)C1. The van der Waals surface area contributed by atoms with Crippen molar-refractivity contribution in [2.75, 3.05) is 13.1 Å². The quantitative estimate of drug-likeness (QED) is 0.652. The Bertz CT molecular complexity index is 144. The van der Waals surface area contributed by atoms with Crippen LogP contribution in [0.2, 0.25) is 0 Å². The normalized spacial score (nSPS) is 32.0. The molecule has 1 aliphatic heterocycles. The Morgan fingerprint density at radius 1 is 1.33 bits per heavy atom. The van der Waals surface area contributed by atoms with Gasteiger partial charge in [0.05, 0.1) is 11.7 Å². The van der Waals surface area contributed by atoms with Gasteiger partial charge in [-0.3, -0.25) is 0 Å². The molecule has 3 heteroatoms. The van der Waals surface area contributed by atoms with Gasteiger partial charge in [-0.1, -0.05) is 0 Å². The van der Waals surface area contributed by atoms with Gasteiger partial charge in [0.2, 0.25) is 0 Å². The van der Waals surface area contributed by atoms with Crippen LogP contribution < -0.4 is 5.32 Å². The van der Waals surface area contributed by atoms with Gasteiger partial charge in [0, 0.05) is 19.5 Å². The van der Waals surface area contributed by atoms with E-state index in [-0.39, 0.29) is 11.7 Å². The Morgan fingerprint density at radius 3 is 2.50 bits per heavy atom. The lowest BCUT2D eigenvalue weighted by atomic mass is 10.1. The minimum Gasteiger partial charge on any atom is -0.371 e. The summed E-state index contributed by atoms with van der Waals surface area (Å²) in [6.45, 7) is 7.24. The lowest BCUT2D eigenvalue weighted by Gasteiger charge is -2.31. The second-order valence-electron chi connectivity index (χ2n) is 4.34. The van der Waals surface area contributed by atoms with E-state index < -0.39 is 6.17 Å². The van der Waals surface area contributed by atoms with Crippen molar-refractivity contribution < 1.29 is 9.13 Å². The van der Waals surface area contributed by atoms with Crippen molar-refractivity contribution in [1.29, 1.82) is 0 Å². The van der Waals surface area contributed by atoms with Crippen LogP contribution in [-0.4, -0.2) is 31.0 Å². The molecule has 1 heterocycles. The van der Waals surface area contributed by atoms with Crippen molar-refractivity contribution in [2.24, 2.45) is 0 Å². The summed E-state index contributed by atoms with van der Waals surface area (Å²) in [5.41, 5.74) is -0.163. The first-order chi connectivity index (χ1) is 5.47. The molecule has 72 valence electrons. The van der Waals surface area contributed by atoms with Crippen molar-refractivity contribution in [3.63, 3.8) is 0 Å². The van der Waals surface area contributed by atoms with Crippen molar-refractivity contribution in [1.82, 2.24) is 5.32 Å². The summed E-state index contributed by atoms with van der Waals surface area (Å²) in [5, 5.41) is 3.01. The van der Waals surface area contributed by atoms with Crippen LogP contribution in [0.4, 0.5) is 4.39 Å². The molecular formula is C9H18FNO. The molecule has 0 unspecified atom stereocenters. The van der Waals surface area contributed by atoms with Crippen LogP contribution in [0, 0.1) is 0 Å². The third kappa shape index (κ3) is 3.50. The van der Waals surface area contributed by atoms with Gasteiger partial charge in [-0.05, 0) is 20.8 Å². The first-order valence-electron chi connectivity index (χ1n) is 4.50. The predicted molar refractivity (Wildman–Crippen MR) is 47.0 cm³/mol. The molecule has 12 heavy (non-hydrogen) atoms. The zero-order valence-corrected chi connectivity index (χ0v) is 8.06. The van der Waals surface area contributed by atoms with E-state index in [0.717, 1.165) is 6.54 Å². The highest BCUT2D eigenvalue weighted by molar-refractivity contribution is 4.78. The third-order valence-corrected chi connectivity index (χ3v) is 1.78. The average molecular weight is 175 g/mol. The summed E-state index contributed by atoms with van der Waals surface area (Å²) >= 11 is 0. The van der Waals surface area contributed by atoms with E-state index in [1.807, 2.05) is 20.8 Å². The van der Waals surface area contributed by atoms with Gasteiger partial charge in [-0.25, -0.2) is 4.39 Å². The minimum absolute atomic E-state index is 0.0359. The van der Waals surface area contributed by atoms with Crippen molar-refractivity contribution >= 4 is 0 Å². The third-order valence-electron chi connectivity index (χ3n) is 1.78. The van der Waals surface area contributed by atoms with E-state index in [2.05, 4.69) is 5.32 Å². The van der Waals surface area contributed by atoms with E-state index in [9.17, 15) is 4.39 Å². The zero-order chi connectivity index (χ0) is 9.19. The molecule has 2 atom stereocenters. The molecule has 0 aromatic heterocycles. The molecule has 1 saturated heterocycles. The summed E-state index contributed by atoms with van der Waals surface area (Å²) < 4.78 is 18.5. The predicted octanol–water partition coefficient (Wildman–Crippen LogP) is 1.50. The Morgan fingerprint density at radius 2 is 2.00 bits per heavy atom. The molecule has 0 saturated carbocycles. The van der Waals surface area contributed by atoms with E-state index in [0.29, 0.717) is 13.0 Å². The first-order valence-corrected chi connectivity index (χ1v) is 4.50. The molecule has 0 amide bonds. The molecule has 0 aromatic carbocycles. The molecule has 0 radical (unpaired) electrons. The fraction of sp³-hybridized carbons (Fsp3) is 1.00. The van der Waals surface area contributed by atoms with E-state index in [4.69, 9.17) is 4.74 Å². The van der Waals surface area contributed by atoms with Crippen LogP contribution >= 0.6 is 0 Å². The fourth-order valence-corrected chi connectivity index (χ4v) is 1.44. The molecule has 0 spiro atoms. The number of hydrogen-bond donors (Lipinski definition) is 1. The van der Waals surface area contributed by atoms with Gasteiger partial charge in [0.25, 0.3) is 0 Å². The maximum atomic E-state index is 12.9. The zero-order valence-electron chi connectivity index (χ0n) is 8.06. The molecule has 1 rings (SSSR count). The molecule has 0 bridgehead atoms. The number of alkyl halides is 1. The van der Waals surface area contributed by atoms with Crippen LogP contribution in [-0.2, 0) is 4.74 Å². The van der Waals surface area contributed by atoms with Crippen LogP contribution in [0.25, 0.3) is 0 Å². The number of rotatable bonds is 1. The second kappa shape index (κ2) is 3.71. The van der Waals surface area contributed by atoms with Crippen LogP contribution in [0.15, 0.2) is 0 Å². The Balaban J connectivity index is 2.32. The molecule has 2 nitrogen and oxygen atoms in total. The summed E-state index contributed by atoms with van der Waals surface area (Å²) in [7, 11) is 0. The molecule has 0 aromatic rings. The van der Waals surface area contributed by atoms with E-state index >= 15 is 0 Å². The van der Waals surface area contributed by atoms with E-state index in [1.54, 1.807) is 0 Å². The maximum Gasteiger partial charge on any atom is 0.115 e. The number of nitrogens with one attached hydrogen (secondary N) is 1. The highest BCUT2D eigenvalue weighted by Crippen LogP contribution is 2.17. The van der Waals surface area contributed by atoms with E-state index in [1.165, 1.54) is 0 Å². The smallest absolute Gasteiger partial charge is 0.115 e. The van der Waals surface area contributed by atoms with Gasteiger partial charge in [0.1, 0.15) is 6.17 Å². The standard InChI is InChI=1S/C9H18FNO/c1-9(2,3)12-8-4-7(10)5-11-6-8/h7-8,11H,4-6H2,1-3H3/t7-,8-/m1/s1. The Hall–Kier alpha value is -0.150. The molecule has 1 aliphatic rings. The highest BCUT2D eigenvalue weighted by atomic mass is 19.1. The van der Waals surface area contributed by atoms with Crippen LogP contribution in [0.3, 0.4) is 0 Å². The number of hydrogen-bond acceptors (Lipinski definition) is 2. The van der Waals surface area contributed by atoms with Gasteiger partial charge < -0.3 is 10.1 Å². The van der Waals surface area contributed by atoms with Crippen molar-refractivity contribution in [3.05, 3.63) is 0 Å². The summed E-state index contributed by atoms with van der Waals surface area (Å²) in [6, 6.07) is 0.